The van der Waals surface area contributed by atoms with Crippen molar-refractivity contribution in [3.63, 3.8) is 0 Å². The van der Waals surface area contributed by atoms with Crippen molar-refractivity contribution in [3.05, 3.63) is 110 Å². The molecule has 0 aromatic heterocycles. The van der Waals surface area contributed by atoms with E-state index in [1.54, 1.807) is 42.5 Å². The molecule has 4 aromatic carbocycles. The number of cyclic esters (lactones) is 1. The van der Waals surface area contributed by atoms with Crippen LogP contribution in [0.2, 0.25) is 0 Å². The lowest BCUT2D eigenvalue weighted by molar-refractivity contribution is -0.384. The number of ether oxygens (including phenoxy) is 7. The standard InChI is InChI=1S/C40H38N2O13/c1-49-32-12-21(10-23(16-43)37(32)51-3)26(9-20-6-5-7-25(8-20)42(47)48)39(45)41-36-28-15-31-30(54-19-55-31)14-27(28)34(35-29(36)18-53-40(35)46)22-11-24(17-44)38(52-4)33(13-22)50-2/h5-15,29,34-36,43-44H,16-19H2,1-4H3,(H,41,45)/b26-9+/t29-,34+,35-,36+/m0/s1. The van der Waals surface area contributed by atoms with Crippen molar-refractivity contribution in [3.8, 4) is 34.5 Å². The molecule has 0 unspecified atom stereocenters. The lowest BCUT2D eigenvalue weighted by Gasteiger charge is -2.39. The number of carbonyl (C=O) groups is 2. The number of fused-ring (bicyclic) bond motifs is 3. The van der Waals surface area contributed by atoms with Gasteiger partial charge in [-0.1, -0.05) is 12.1 Å². The monoisotopic (exact) mass is 754 g/mol. The van der Waals surface area contributed by atoms with Crippen LogP contribution in [0.25, 0.3) is 11.6 Å². The van der Waals surface area contributed by atoms with E-state index in [9.17, 15) is 29.9 Å². The molecule has 0 bridgehead atoms. The van der Waals surface area contributed by atoms with Gasteiger partial charge >= 0.3 is 5.97 Å². The van der Waals surface area contributed by atoms with Crippen LogP contribution in [-0.4, -0.2) is 68.9 Å². The highest BCUT2D eigenvalue weighted by molar-refractivity contribution is 6.24. The Balaban J connectivity index is 1.39. The summed E-state index contributed by atoms with van der Waals surface area (Å²) < 4.78 is 39.5. The van der Waals surface area contributed by atoms with E-state index in [1.807, 2.05) is 0 Å². The molecule has 3 N–H and O–H groups in total. The second-order valence-electron chi connectivity index (χ2n) is 13.1. The summed E-state index contributed by atoms with van der Waals surface area (Å²) in [7, 11) is 5.80. The van der Waals surface area contributed by atoms with Crippen LogP contribution in [0.4, 0.5) is 5.69 Å². The molecule has 0 spiro atoms. The molecule has 55 heavy (non-hydrogen) atoms. The molecule has 2 aliphatic heterocycles. The molecular weight excluding hydrogens is 716 g/mol. The largest absolute Gasteiger partial charge is 0.493 e. The van der Waals surface area contributed by atoms with Crippen LogP contribution in [0.3, 0.4) is 0 Å². The molecule has 3 aliphatic rings. The maximum Gasteiger partial charge on any atom is 0.310 e. The first kappa shape index (κ1) is 37.0. The summed E-state index contributed by atoms with van der Waals surface area (Å²) in [5.74, 6) is -0.945. The number of esters is 1. The first-order valence-corrected chi connectivity index (χ1v) is 17.2. The summed E-state index contributed by atoms with van der Waals surface area (Å²) in [4.78, 5) is 39.7. The number of benzene rings is 4. The van der Waals surface area contributed by atoms with Crippen LogP contribution in [0.15, 0.2) is 60.7 Å². The molecule has 0 saturated carbocycles. The van der Waals surface area contributed by atoms with Gasteiger partial charge in [0.15, 0.2) is 34.5 Å². The maximum absolute atomic E-state index is 14.8. The zero-order valence-corrected chi connectivity index (χ0v) is 30.3. The minimum Gasteiger partial charge on any atom is -0.493 e. The molecule has 1 aliphatic carbocycles. The van der Waals surface area contributed by atoms with Gasteiger partial charge in [-0.3, -0.25) is 19.7 Å². The number of aliphatic hydroxyl groups is 2. The molecule has 4 aromatic rings. The number of nitro groups is 1. The SMILES string of the molecule is COc1cc(/C(=C\c2cccc([N+](=O)[O-])c2)C(=O)N[C@@H]2c3cc4c(cc3[C@@H](c3cc(CO)c(OC)c(OC)c3)[C@H]3C(=O)OC[C@@H]32)OCO4)cc(CO)c1OC. The third-order valence-electron chi connectivity index (χ3n) is 10.3. The van der Waals surface area contributed by atoms with E-state index in [4.69, 9.17) is 33.2 Å². The van der Waals surface area contributed by atoms with Crippen LogP contribution >= 0.6 is 0 Å². The van der Waals surface area contributed by atoms with Gasteiger partial charge in [0.25, 0.3) is 11.6 Å². The lowest BCUT2D eigenvalue weighted by Crippen LogP contribution is -2.43. The second-order valence-corrected chi connectivity index (χ2v) is 13.1. The number of nitro benzene ring substituents is 1. The van der Waals surface area contributed by atoms with Crippen LogP contribution in [0, 0.1) is 22.0 Å². The molecule has 7 rings (SSSR count). The number of amides is 1. The van der Waals surface area contributed by atoms with E-state index in [1.165, 1.54) is 52.7 Å². The number of rotatable bonds is 12. The summed E-state index contributed by atoms with van der Waals surface area (Å²) in [5.41, 5.74) is 3.31. The van der Waals surface area contributed by atoms with Gasteiger partial charge < -0.3 is 48.7 Å². The van der Waals surface area contributed by atoms with Crippen molar-refractivity contribution in [2.45, 2.75) is 25.2 Å². The van der Waals surface area contributed by atoms with Gasteiger partial charge in [-0.25, -0.2) is 0 Å². The summed E-state index contributed by atoms with van der Waals surface area (Å²) in [5, 5.41) is 35.4. The van der Waals surface area contributed by atoms with Crippen molar-refractivity contribution in [1.29, 1.82) is 0 Å². The van der Waals surface area contributed by atoms with Crippen LogP contribution in [0.1, 0.15) is 50.9 Å². The number of nitrogens with zero attached hydrogens (tertiary/aromatic N) is 1. The quantitative estimate of drug-likeness (QED) is 0.0594. The first-order valence-electron chi connectivity index (χ1n) is 17.2. The van der Waals surface area contributed by atoms with E-state index in [2.05, 4.69) is 5.32 Å². The summed E-state index contributed by atoms with van der Waals surface area (Å²) >= 11 is 0. The molecule has 1 fully saturated rings. The Morgan fingerprint density at radius 2 is 1.53 bits per heavy atom. The fourth-order valence-electron chi connectivity index (χ4n) is 7.82. The molecular formula is C40H38N2O13. The molecule has 286 valence electrons. The minimum absolute atomic E-state index is 0.0199. The van der Waals surface area contributed by atoms with Gasteiger partial charge in [0.05, 0.1) is 65.1 Å². The predicted octanol–water partition coefficient (Wildman–Crippen LogP) is 4.68. The van der Waals surface area contributed by atoms with Gasteiger partial charge in [-0.05, 0) is 70.3 Å². The molecule has 1 saturated heterocycles. The van der Waals surface area contributed by atoms with Gasteiger partial charge in [0.1, 0.15) is 0 Å². The number of non-ortho nitro benzene ring substituents is 1. The molecule has 15 heteroatoms. The highest BCUT2D eigenvalue weighted by Crippen LogP contribution is 2.55. The fourth-order valence-corrected chi connectivity index (χ4v) is 7.82. The second kappa shape index (κ2) is 15.2. The van der Waals surface area contributed by atoms with E-state index in [-0.39, 0.29) is 42.8 Å². The summed E-state index contributed by atoms with van der Waals surface area (Å²) in [6.45, 7) is -0.851. The maximum atomic E-state index is 14.8. The Morgan fingerprint density at radius 3 is 2.16 bits per heavy atom. The predicted molar refractivity (Wildman–Crippen MR) is 195 cm³/mol. The smallest absolute Gasteiger partial charge is 0.310 e. The molecule has 4 atom stereocenters. The molecule has 15 nitrogen and oxygen atoms in total. The normalized spacial score (nSPS) is 19.5. The third-order valence-corrected chi connectivity index (χ3v) is 10.3. The Bertz CT molecular complexity index is 2170. The van der Waals surface area contributed by atoms with Crippen molar-refractivity contribution < 1.29 is 57.9 Å². The zero-order chi connectivity index (χ0) is 39.0. The van der Waals surface area contributed by atoms with Crippen molar-refractivity contribution in [2.75, 3.05) is 41.8 Å². The third kappa shape index (κ3) is 6.61. The molecule has 2 heterocycles. The number of aliphatic hydroxyl groups excluding tert-OH is 2. The van der Waals surface area contributed by atoms with Crippen molar-refractivity contribution in [1.82, 2.24) is 5.32 Å². The van der Waals surface area contributed by atoms with Crippen molar-refractivity contribution in [2.24, 2.45) is 11.8 Å². The number of methoxy groups -OCH3 is 4. The Hall–Kier alpha value is -6.32. The number of hydrogen-bond acceptors (Lipinski definition) is 13. The molecule has 1 amide bonds. The number of carbonyl (C=O) groups excluding carboxylic acids is 2. The highest BCUT2D eigenvalue weighted by atomic mass is 16.7. The topological polar surface area (TPSA) is 194 Å². The first-order chi connectivity index (χ1) is 26.6. The van der Waals surface area contributed by atoms with E-state index in [0.717, 1.165) is 0 Å². The summed E-state index contributed by atoms with van der Waals surface area (Å²) in [6.07, 6.45) is 1.50. The summed E-state index contributed by atoms with van der Waals surface area (Å²) in [6, 6.07) is 15.3. The average Bonchev–Trinajstić information content (AvgIpc) is 3.83. The Labute approximate surface area is 315 Å². The van der Waals surface area contributed by atoms with E-state index >= 15 is 0 Å². The number of hydrogen-bond donors (Lipinski definition) is 3. The Kier molecular flexibility index (Phi) is 10.2. The van der Waals surface area contributed by atoms with Crippen LogP contribution < -0.4 is 33.7 Å². The minimum atomic E-state index is -0.812. The van der Waals surface area contributed by atoms with Crippen LogP contribution in [-0.2, 0) is 27.5 Å². The van der Waals surface area contributed by atoms with Crippen molar-refractivity contribution >= 4 is 29.2 Å². The fraction of sp³-hybridized carbons (Fsp3) is 0.300. The zero-order valence-electron chi connectivity index (χ0n) is 30.3. The highest BCUT2D eigenvalue weighted by Gasteiger charge is 2.53. The van der Waals surface area contributed by atoms with Gasteiger partial charge in [0, 0.05) is 40.7 Å². The van der Waals surface area contributed by atoms with Crippen LogP contribution in [0.5, 0.6) is 34.5 Å². The Morgan fingerprint density at radius 1 is 0.873 bits per heavy atom. The average molecular weight is 755 g/mol. The van der Waals surface area contributed by atoms with Gasteiger partial charge in [-0.15, -0.1) is 0 Å². The number of nitrogens with one attached hydrogen (secondary N) is 1. The molecule has 0 radical (unpaired) electrons. The van der Waals surface area contributed by atoms with E-state index in [0.29, 0.717) is 61.9 Å². The van der Waals surface area contributed by atoms with Gasteiger partial charge in [0.2, 0.25) is 6.79 Å². The lowest BCUT2D eigenvalue weighted by atomic mass is 9.65. The van der Waals surface area contributed by atoms with Gasteiger partial charge in [-0.2, -0.15) is 0 Å². The van der Waals surface area contributed by atoms with E-state index < -0.39 is 47.2 Å².